The number of carbonyl (C=O) groups excluding carboxylic acids is 1. The first kappa shape index (κ1) is 19.8. The second-order valence-electron chi connectivity index (χ2n) is 6.27. The number of aliphatic imine (C=N–C) groups is 1. The van der Waals surface area contributed by atoms with Gasteiger partial charge in [0, 0.05) is 5.56 Å². The molecule has 0 aromatic heterocycles. The smallest absolute Gasteiger partial charge is 0.363 e. The molecule has 0 radical (unpaired) electrons. The number of hydrogen-bond acceptors (Lipinski definition) is 6. The van der Waals surface area contributed by atoms with Gasteiger partial charge in [-0.15, -0.1) is 0 Å². The summed E-state index contributed by atoms with van der Waals surface area (Å²) >= 11 is 6.33. The summed E-state index contributed by atoms with van der Waals surface area (Å²) in [4.78, 5) is 16.5. The van der Waals surface area contributed by atoms with E-state index in [1.165, 1.54) is 7.11 Å². The number of methoxy groups -OCH3 is 2. The molecule has 0 N–H and O–H groups in total. The first-order chi connectivity index (χ1) is 13.4. The van der Waals surface area contributed by atoms with Gasteiger partial charge in [0.1, 0.15) is 5.75 Å². The van der Waals surface area contributed by atoms with Crippen molar-refractivity contribution in [2.24, 2.45) is 4.99 Å². The summed E-state index contributed by atoms with van der Waals surface area (Å²) < 4.78 is 21.5. The molecule has 0 saturated carbocycles. The van der Waals surface area contributed by atoms with Crippen molar-refractivity contribution in [3.05, 3.63) is 58.2 Å². The van der Waals surface area contributed by atoms with Gasteiger partial charge in [-0.05, 0) is 61.9 Å². The van der Waals surface area contributed by atoms with Crippen LogP contribution < -0.4 is 14.2 Å². The largest absolute Gasteiger partial charge is 0.497 e. The van der Waals surface area contributed by atoms with Crippen molar-refractivity contribution in [1.29, 1.82) is 0 Å². The topological polar surface area (TPSA) is 66.3 Å². The molecule has 1 aliphatic rings. The number of carbonyl (C=O) groups is 1. The highest BCUT2D eigenvalue weighted by Gasteiger charge is 2.24. The molecule has 1 aliphatic heterocycles. The Hall–Kier alpha value is -2.99. The maximum atomic E-state index is 12.2. The van der Waals surface area contributed by atoms with Gasteiger partial charge in [0.15, 0.2) is 17.2 Å². The van der Waals surface area contributed by atoms with Gasteiger partial charge in [-0.25, -0.2) is 9.79 Å². The number of benzene rings is 2. The Morgan fingerprint density at radius 1 is 1.11 bits per heavy atom. The molecule has 0 unspecified atom stereocenters. The molecule has 0 bridgehead atoms. The molecule has 2 aromatic carbocycles. The lowest BCUT2D eigenvalue weighted by molar-refractivity contribution is -0.129. The molecular weight excluding hydrogens is 382 g/mol. The first-order valence-corrected chi connectivity index (χ1v) is 9.00. The number of ether oxygens (including phenoxy) is 4. The normalized spacial score (nSPS) is 14.9. The Balaban J connectivity index is 1.92. The molecule has 0 atom stereocenters. The Morgan fingerprint density at radius 3 is 2.43 bits per heavy atom. The number of nitrogens with zero attached hydrogens (tertiary/aromatic N) is 1. The second kappa shape index (κ2) is 8.35. The Bertz CT molecular complexity index is 948. The summed E-state index contributed by atoms with van der Waals surface area (Å²) in [6.45, 7) is 3.80. The van der Waals surface area contributed by atoms with Gasteiger partial charge < -0.3 is 18.9 Å². The van der Waals surface area contributed by atoms with Crippen LogP contribution in [0.5, 0.6) is 17.2 Å². The van der Waals surface area contributed by atoms with E-state index in [0.29, 0.717) is 33.4 Å². The average Bonchev–Trinajstić information content (AvgIpc) is 3.04. The van der Waals surface area contributed by atoms with Crippen LogP contribution in [0, 0.1) is 0 Å². The van der Waals surface area contributed by atoms with Gasteiger partial charge >= 0.3 is 5.97 Å². The van der Waals surface area contributed by atoms with Crippen LogP contribution in [0.25, 0.3) is 6.08 Å². The third-order valence-electron chi connectivity index (χ3n) is 3.87. The Morgan fingerprint density at radius 2 is 1.82 bits per heavy atom. The van der Waals surface area contributed by atoms with E-state index < -0.39 is 5.97 Å². The number of cyclic esters (lactones) is 1. The lowest BCUT2D eigenvalue weighted by atomic mass is 10.1. The zero-order chi connectivity index (χ0) is 20.3. The predicted molar refractivity (Wildman–Crippen MR) is 107 cm³/mol. The highest BCUT2D eigenvalue weighted by atomic mass is 35.5. The highest BCUT2D eigenvalue weighted by Crippen LogP contribution is 2.38. The summed E-state index contributed by atoms with van der Waals surface area (Å²) in [5.41, 5.74) is 1.49. The van der Waals surface area contributed by atoms with Crippen LogP contribution in [0.4, 0.5) is 0 Å². The summed E-state index contributed by atoms with van der Waals surface area (Å²) in [7, 11) is 3.11. The van der Waals surface area contributed by atoms with Gasteiger partial charge in [-0.2, -0.15) is 0 Å². The van der Waals surface area contributed by atoms with Crippen LogP contribution in [0.2, 0.25) is 5.02 Å². The fraction of sp³-hybridized carbons (Fsp3) is 0.238. The van der Waals surface area contributed by atoms with Crippen molar-refractivity contribution < 1.29 is 23.7 Å². The van der Waals surface area contributed by atoms with E-state index >= 15 is 0 Å². The highest BCUT2D eigenvalue weighted by molar-refractivity contribution is 6.32. The molecule has 7 heteroatoms. The minimum atomic E-state index is -0.539. The summed E-state index contributed by atoms with van der Waals surface area (Å²) in [6, 6.07) is 10.5. The van der Waals surface area contributed by atoms with Crippen LogP contribution in [0.3, 0.4) is 0 Å². The van der Waals surface area contributed by atoms with Crippen molar-refractivity contribution in [3.63, 3.8) is 0 Å². The number of hydrogen-bond donors (Lipinski definition) is 0. The van der Waals surface area contributed by atoms with Gasteiger partial charge in [0.2, 0.25) is 5.90 Å². The standard InChI is InChI=1S/C21H20ClNO5/c1-12(2)27-19-16(22)9-13(11-18(19)26-4)10-17-21(24)28-20(23-17)14-5-7-15(25-3)8-6-14/h5-12H,1-4H3/b17-10-. The van der Waals surface area contributed by atoms with E-state index in [1.807, 2.05) is 13.8 Å². The molecule has 0 saturated heterocycles. The number of rotatable bonds is 6. The van der Waals surface area contributed by atoms with Crippen molar-refractivity contribution in [1.82, 2.24) is 0 Å². The van der Waals surface area contributed by atoms with Crippen LogP contribution in [-0.2, 0) is 9.53 Å². The maximum absolute atomic E-state index is 12.2. The molecular formula is C21H20ClNO5. The molecule has 6 nitrogen and oxygen atoms in total. The fourth-order valence-electron chi connectivity index (χ4n) is 2.60. The van der Waals surface area contributed by atoms with E-state index in [2.05, 4.69) is 4.99 Å². The SMILES string of the molecule is COc1ccc(C2=N/C(=C\c3cc(Cl)c(OC(C)C)c(OC)c3)C(=O)O2)cc1. The molecule has 0 spiro atoms. The summed E-state index contributed by atoms with van der Waals surface area (Å²) in [6.07, 6.45) is 1.53. The minimum absolute atomic E-state index is 0.0583. The summed E-state index contributed by atoms with van der Waals surface area (Å²) in [5.74, 6) is 1.33. The van der Waals surface area contributed by atoms with E-state index in [4.69, 9.17) is 30.5 Å². The Kier molecular flexibility index (Phi) is 5.90. The molecule has 0 amide bonds. The molecule has 3 rings (SSSR count). The third kappa shape index (κ3) is 4.28. The second-order valence-corrected chi connectivity index (χ2v) is 6.67. The monoisotopic (exact) mass is 401 g/mol. The quantitative estimate of drug-likeness (QED) is 0.527. The van der Waals surface area contributed by atoms with E-state index in [9.17, 15) is 4.79 Å². The van der Waals surface area contributed by atoms with Crippen LogP contribution in [0.1, 0.15) is 25.0 Å². The fourth-order valence-corrected chi connectivity index (χ4v) is 2.86. The molecule has 0 fully saturated rings. The predicted octanol–water partition coefficient (Wildman–Crippen LogP) is 4.49. The average molecular weight is 402 g/mol. The zero-order valence-corrected chi connectivity index (χ0v) is 16.7. The molecule has 2 aromatic rings. The van der Waals surface area contributed by atoms with Crippen molar-refractivity contribution >= 4 is 29.5 Å². The first-order valence-electron chi connectivity index (χ1n) is 8.62. The van der Waals surface area contributed by atoms with Crippen molar-refractivity contribution in [3.8, 4) is 17.2 Å². The molecule has 1 heterocycles. The maximum Gasteiger partial charge on any atom is 0.363 e. The molecule has 28 heavy (non-hydrogen) atoms. The number of halogens is 1. The van der Waals surface area contributed by atoms with E-state index in [1.54, 1.807) is 49.6 Å². The van der Waals surface area contributed by atoms with Crippen LogP contribution >= 0.6 is 11.6 Å². The van der Waals surface area contributed by atoms with Gasteiger partial charge in [0.25, 0.3) is 0 Å². The van der Waals surface area contributed by atoms with Gasteiger partial charge in [0.05, 0.1) is 25.3 Å². The molecule has 146 valence electrons. The van der Waals surface area contributed by atoms with E-state index in [-0.39, 0.29) is 17.7 Å². The van der Waals surface area contributed by atoms with Crippen molar-refractivity contribution in [2.75, 3.05) is 14.2 Å². The van der Waals surface area contributed by atoms with Crippen LogP contribution in [-0.4, -0.2) is 32.2 Å². The minimum Gasteiger partial charge on any atom is -0.497 e. The van der Waals surface area contributed by atoms with Crippen molar-refractivity contribution in [2.45, 2.75) is 20.0 Å². The lowest BCUT2D eigenvalue weighted by Gasteiger charge is -2.15. The molecule has 0 aliphatic carbocycles. The Labute approximate surface area is 168 Å². The lowest BCUT2D eigenvalue weighted by Crippen LogP contribution is -2.07. The summed E-state index contributed by atoms with van der Waals surface area (Å²) in [5, 5.41) is 0.380. The van der Waals surface area contributed by atoms with E-state index in [0.717, 1.165) is 0 Å². The van der Waals surface area contributed by atoms with Crippen LogP contribution in [0.15, 0.2) is 47.1 Å². The van der Waals surface area contributed by atoms with Gasteiger partial charge in [-0.3, -0.25) is 0 Å². The number of esters is 1. The van der Waals surface area contributed by atoms with Gasteiger partial charge in [-0.1, -0.05) is 11.6 Å². The third-order valence-corrected chi connectivity index (χ3v) is 4.15. The zero-order valence-electron chi connectivity index (χ0n) is 16.0.